The maximum atomic E-state index is 12.3. The summed E-state index contributed by atoms with van der Waals surface area (Å²) in [7, 11) is 1.63. The van der Waals surface area contributed by atoms with Gasteiger partial charge in [-0.15, -0.1) is 0 Å². The highest BCUT2D eigenvalue weighted by atomic mass is 16.5. The van der Waals surface area contributed by atoms with Gasteiger partial charge in [0, 0.05) is 18.8 Å². The summed E-state index contributed by atoms with van der Waals surface area (Å²) < 4.78 is 10.2. The van der Waals surface area contributed by atoms with Crippen LogP contribution in [0.25, 0.3) is 0 Å². The molecule has 1 aromatic carbocycles. The van der Waals surface area contributed by atoms with E-state index in [0.29, 0.717) is 24.5 Å². The Hall–Kier alpha value is -3.42. The third-order valence-electron chi connectivity index (χ3n) is 3.59. The first-order chi connectivity index (χ1) is 12.6. The first-order valence-electron chi connectivity index (χ1n) is 8.08. The van der Waals surface area contributed by atoms with Crippen molar-refractivity contribution in [1.29, 1.82) is 0 Å². The van der Waals surface area contributed by atoms with Crippen LogP contribution in [-0.4, -0.2) is 34.7 Å². The zero-order valence-electron chi connectivity index (χ0n) is 14.5. The fourth-order valence-corrected chi connectivity index (χ4v) is 2.32. The minimum Gasteiger partial charge on any atom is -0.497 e. The van der Waals surface area contributed by atoms with E-state index in [4.69, 9.17) is 9.26 Å². The lowest BCUT2D eigenvalue weighted by Crippen LogP contribution is -2.26. The van der Waals surface area contributed by atoms with Crippen LogP contribution in [0.5, 0.6) is 5.75 Å². The summed E-state index contributed by atoms with van der Waals surface area (Å²) in [5.41, 5.74) is 1.35. The van der Waals surface area contributed by atoms with E-state index >= 15 is 0 Å². The number of aryl methyl sites for hydroxylation is 1. The summed E-state index contributed by atoms with van der Waals surface area (Å²) in [5, 5.41) is 9.55. The molecule has 0 atom stereocenters. The Labute approximate surface area is 150 Å². The highest BCUT2D eigenvalue weighted by Crippen LogP contribution is 2.13. The van der Waals surface area contributed by atoms with E-state index in [1.807, 2.05) is 24.3 Å². The summed E-state index contributed by atoms with van der Waals surface area (Å²) in [5.74, 6) is 1.95. The van der Waals surface area contributed by atoms with Crippen LogP contribution in [0.2, 0.25) is 0 Å². The highest BCUT2D eigenvalue weighted by molar-refractivity contribution is 5.92. The lowest BCUT2D eigenvalue weighted by Gasteiger charge is -2.07. The van der Waals surface area contributed by atoms with Crippen LogP contribution in [-0.2, 0) is 6.42 Å². The standard InChI is InChI=1S/C18H19N5O3/c1-12-10-16(23-26-12)22-18-20-9-7-15(21-18)17(24)19-8-6-13-4-3-5-14(11-13)25-2/h3-5,7,9-11H,6,8H2,1-2H3,(H,19,24)(H,20,21,22,23). The molecule has 3 rings (SSSR count). The van der Waals surface area contributed by atoms with Crippen molar-refractivity contribution >= 4 is 17.7 Å². The van der Waals surface area contributed by atoms with Crippen LogP contribution in [0.15, 0.2) is 47.1 Å². The molecule has 0 saturated carbocycles. The van der Waals surface area contributed by atoms with E-state index in [1.54, 1.807) is 26.2 Å². The van der Waals surface area contributed by atoms with Crippen molar-refractivity contribution in [2.24, 2.45) is 0 Å². The minimum atomic E-state index is -0.269. The smallest absolute Gasteiger partial charge is 0.270 e. The molecule has 0 fully saturated rings. The SMILES string of the molecule is COc1cccc(CCNC(=O)c2ccnc(Nc3cc(C)on3)n2)c1. The lowest BCUT2D eigenvalue weighted by atomic mass is 10.1. The summed E-state index contributed by atoms with van der Waals surface area (Å²) in [4.78, 5) is 20.5. The quantitative estimate of drug-likeness (QED) is 0.673. The monoisotopic (exact) mass is 353 g/mol. The van der Waals surface area contributed by atoms with Gasteiger partial charge in [0.25, 0.3) is 5.91 Å². The minimum absolute atomic E-state index is 0.269. The lowest BCUT2D eigenvalue weighted by molar-refractivity contribution is 0.0949. The third-order valence-corrected chi connectivity index (χ3v) is 3.59. The average Bonchev–Trinajstić information content (AvgIpc) is 3.06. The molecule has 0 unspecified atom stereocenters. The van der Waals surface area contributed by atoms with E-state index in [1.165, 1.54) is 6.20 Å². The van der Waals surface area contributed by atoms with Gasteiger partial charge in [0.05, 0.1) is 7.11 Å². The molecular weight excluding hydrogens is 334 g/mol. The van der Waals surface area contributed by atoms with E-state index in [0.717, 1.165) is 11.3 Å². The maximum Gasteiger partial charge on any atom is 0.270 e. The summed E-state index contributed by atoms with van der Waals surface area (Å²) >= 11 is 0. The molecule has 0 bridgehead atoms. The van der Waals surface area contributed by atoms with Crippen molar-refractivity contribution in [2.75, 3.05) is 19.0 Å². The predicted octanol–water partition coefficient (Wildman–Crippen LogP) is 2.50. The molecule has 0 radical (unpaired) electrons. The number of benzene rings is 1. The molecule has 26 heavy (non-hydrogen) atoms. The van der Waals surface area contributed by atoms with Crippen molar-refractivity contribution < 1.29 is 14.1 Å². The zero-order valence-corrected chi connectivity index (χ0v) is 14.5. The maximum absolute atomic E-state index is 12.3. The molecular formula is C18H19N5O3. The number of nitrogens with one attached hydrogen (secondary N) is 2. The number of hydrogen-bond donors (Lipinski definition) is 2. The van der Waals surface area contributed by atoms with Gasteiger partial charge in [0.15, 0.2) is 5.82 Å². The number of rotatable bonds is 7. The van der Waals surface area contributed by atoms with E-state index in [-0.39, 0.29) is 17.5 Å². The second-order valence-electron chi connectivity index (χ2n) is 5.57. The van der Waals surface area contributed by atoms with Gasteiger partial charge in [-0.1, -0.05) is 17.3 Å². The van der Waals surface area contributed by atoms with Crippen molar-refractivity contribution in [1.82, 2.24) is 20.4 Å². The second kappa shape index (κ2) is 8.11. The number of carbonyl (C=O) groups excluding carboxylic acids is 1. The molecule has 2 aromatic heterocycles. The normalized spacial score (nSPS) is 10.4. The number of carbonyl (C=O) groups is 1. The molecule has 1 amide bonds. The predicted molar refractivity (Wildman–Crippen MR) is 95.6 cm³/mol. The zero-order chi connectivity index (χ0) is 18.4. The molecule has 2 heterocycles. The van der Waals surface area contributed by atoms with E-state index < -0.39 is 0 Å². The van der Waals surface area contributed by atoms with Gasteiger partial charge in [0.1, 0.15) is 17.2 Å². The summed E-state index contributed by atoms with van der Waals surface area (Å²) in [6.45, 7) is 2.27. The molecule has 8 nitrogen and oxygen atoms in total. The Kier molecular flexibility index (Phi) is 5.43. The molecule has 0 aliphatic heterocycles. The third kappa shape index (κ3) is 4.56. The number of nitrogens with zero attached hydrogens (tertiary/aromatic N) is 3. The van der Waals surface area contributed by atoms with Gasteiger partial charge >= 0.3 is 0 Å². The van der Waals surface area contributed by atoms with Gasteiger partial charge in [-0.05, 0) is 37.1 Å². The number of anilines is 2. The number of aromatic nitrogens is 3. The molecule has 8 heteroatoms. The fraction of sp³-hybridized carbons (Fsp3) is 0.222. The van der Waals surface area contributed by atoms with Crippen molar-refractivity contribution in [3.8, 4) is 5.75 Å². The van der Waals surface area contributed by atoms with Crippen LogP contribution in [0.1, 0.15) is 21.8 Å². The Morgan fingerprint density at radius 2 is 2.15 bits per heavy atom. The van der Waals surface area contributed by atoms with Crippen LogP contribution in [0.4, 0.5) is 11.8 Å². The van der Waals surface area contributed by atoms with Crippen molar-refractivity contribution in [3.05, 3.63) is 59.6 Å². The Morgan fingerprint density at radius 1 is 1.27 bits per heavy atom. The van der Waals surface area contributed by atoms with Crippen LogP contribution < -0.4 is 15.4 Å². The second-order valence-corrected chi connectivity index (χ2v) is 5.57. The molecule has 0 aliphatic rings. The molecule has 0 spiro atoms. The van der Waals surface area contributed by atoms with Crippen LogP contribution >= 0.6 is 0 Å². The fourth-order valence-electron chi connectivity index (χ4n) is 2.32. The molecule has 0 aliphatic carbocycles. The van der Waals surface area contributed by atoms with Gasteiger partial charge in [-0.2, -0.15) is 0 Å². The van der Waals surface area contributed by atoms with Crippen molar-refractivity contribution in [2.45, 2.75) is 13.3 Å². The topological polar surface area (TPSA) is 102 Å². The van der Waals surface area contributed by atoms with Crippen molar-refractivity contribution in [3.63, 3.8) is 0 Å². The number of hydrogen-bond acceptors (Lipinski definition) is 7. The molecule has 0 saturated heterocycles. The Balaban J connectivity index is 1.56. The molecule has 3 aromatic rings. The summed E-state index contributed by atoms with van der Waals surface area (Å²) in [6.07, 6.45) is 2.20. The Morgan fingerprint density at radius 3 is 2.92 bits per heavy atom. The molecule has 2 N–H and O–H groups in total. The van der Waals surface area contributed by atoms with Gasteiger partial charge in [-0.3, -0.25) is 4.79 Å². The van der Waals surface area contributed by atoms with Crippen LogP contribution in [0.3, 0.4) is 0 Å². The first-order valence-corrected chi connectivity index (χ1v) is 8.08. The molecule has 134 valence electrons. The number of methoxy groups -OCH3 is 1. The van der Waals surface area contributed by atoms with Gasteiger partial charge in [0.2, 0.25) is 5.95 Å². The average molecular weight is 353 g/mol. The van der Waals surface area contributed by atoms with Gasteiger partial charge < -0.3 is 19.9 Å². The highest BCUT2D eigenvalue weighted by Gasteiger charge is 2.10. The van der Waals surface area contributed by atoms with E-state index in [2.05, 4.69) is 25.8 Å². The Bertz CT molecular complexity index is 894. The number of amides is 1. The largest absolute Gasteiger partial charge is 0.497 e. The van der Waals surface area contributed by atoms with Crippen LogP contribution in [0, 0.1) is 6.92 Å². The first kappa shape index (κ1) is 17.4. The number of ether oxygens (including phenoxy) is 1. The van der Waals surface area contributed by atoms with Gasteiger partial charge in [-0.25, -0.2) is 9.97 Å². The van der Waals surface area contributed by atoms with E-state index in [9.17, 15) is 4.79 Å². The summed E-state index contributed by atoms with van der Waals surface area (Å²) in [6, 6.07) is 11.0.